The molecule has 0 amide bonds. The van der Waals surface area contributed by atoms with E-state index in [2.05, 4.69) is 45.0 Å². The predicted octanol–water partition coefficient (Wildman–Crippen LogP) is 3.44. The molecule has 4 nitrogen and oxygen atoms in total. The van der Waals surface area contributed by atoms with E-state index >= 15 is 0 Å². The third-order valence-electron chi connectivity index (χ3n) is 5.22. The van der Waals surface area contributed by atoms with Crippen LogP contribution in [0.1, 0.15) is 42.5 Å². The Kier molecular flexibility index (Phi) is 4.83. The second-order valence-corrected chi connectivity index (χ2v) is 7.00. The van der Waals surface area contributed by atoms with Gasteiger partial charge in [0, 0.05) is 31.4 Å². The Morgan fingerprint density at radius 2 is 1.92 bits per heavy atom. The molecule has 0 saturated heterocycles. The molecule has 0 atom stereocenters. The first-order valence-electron chi connectivity index (χ1n) is 9.37. The first kappa shape index (κ1) is 15.7. The molecule has 0 spiro atoms. The van der Waals surface area contributed by atoms with Crippen molar-refractivity contribution in [2.75, 3.05) is 19.7 Å². The molecule has 0 saturated carbocycles. The summed E-state index contributed by atoms with van der Waals surface area (Å²) in [6.07, 6.45) is 7.15. The van der Waals surface area contributed by atoms with Crippen molar-refractivity contribution in [1.82, 2.24) is 14.7 Å². The first-order chi connectivity index (χ1) is 11.9. The molecular formula is C20H27N3O. The fourth-order valence-corrected chi connectivity index (χ4v) is 3.82. The zero-order valence-corrected chi connectivity index (χ0v) is 14.4. The molecule has 0 unspecified atom stereocenters. The number of unbranched alkanes of at least 4 members (excludes halogenated alkanes) is 1. The van der Waals surface area contributed by atoms with Crippen LogP contribution in [0.25, 0.3) is 0 Å². The number of hydrogen-bond donors (Lipinski definition) is 0. The fourth-order valence-electron chi connectivity index (χ4n) is 3.82. The molecule has 2 aliphatic rings. The zero-order valence-electron chi connectivity index (χ0n) is 14.4. The maximum Gasteiger partial charge on any atom is 0.232 e. The van der Waals surface area contributed by atoms with E-state index in [-0.39, 0.29) is 0 Å². The van der Waals surface area contributed by atoms with Crippen molar-refractivity contribution in [3.05, 3.63) is 47.2 Å². The van der Waals surface area contributed by atoms with Gasteiger partial charge in [0.1, 0.15) is 0 Å². The number of ether oxygens (including phenoxy) is 1. The molecule has 0 aliphatic carbocycles. The summed E-state index contributed by atoms with van der Waals surface area (Å²) in [5.41, 5.74) is 4.37. The van der Waals surface area contributed by atoms with Gasteiger partial charge < -0.3 is 4.74 Å². The Balaban J connectivity index is 1.17. The van der Waals surface area contributed by atoms with Gasteiger partial charge in [-0.05, 0) is 56.2 Å². The zero-order chi connectivity index (χ0) is 16.2. The lowest BCUT2D eigenvalue weighted by molar-refractivity contribution is 0.232. The normalized spacial score (nSPS) is 17.3. The lowest BCUT2D eigenvalue weighted by Gasteiger charge is -2.28. The monoisotopic (exact) mass is 325 g/mol. The molecule has 0 N–H and O–H groups in total. The van der Waals surface area contributed by atoms with Crippen LogP contribution in [0.15, 0.2) is 30.3 Å². The number of benzene rings is 1. The highest BCUT2D eigenvalue weighted by molar-refractivity contribution is 5.29. The number of rotatable bonds is 6. The van der Waals surface area contributed by atoms with Crippen LogP contribution in [0.5, 0.6) is 5.88 Å². The molecular weight excluding hydrogens is 298 g/mol. The van der Waals surface area contributed by atoms with E-state index in [1.165, 1.54) is 49.0 Å². The largest absolute Gasteiger partial charge is 0.477 e. The summed E-state index contributed by atoms with van der Waals surface area (Å²) in [6, 6.07) is 11.0. The van der Waals surface area contributed by atoms with Gasteiger partial charge >= 0.3 is 0 Å². The van der Waals surface area contributed by atoms with Crippen molar-refractivity contribution in [2.45, 2.75) is 51.6 Å². The van der Waals surface area contributed by atoms with Gasteiger partial charge in [-0.25, -0.2) is 0 Å². The lowest BCUT2D eigenvalue weighted by atomic mass is 10.00. The minimum atomic E-state index is 0.779. The van der Waals surface area contributed by atoms with Crippen LogP contribution in [0.2, 0.25) is 0 Å². The van der Waals surface area contributed by atoms with E-state index in [1.807, 2.05) is 0 Å². The number of aryl methyl sites for hydroxylation is 2. The summed E-state index contributed by atoms with van der Waals surface area (Å²) < 4.78 is 7.97. The second kappa shape index (κ2) is 7.39. The summed E-state index contributed by atoms with van der Waals surface area (Å²) in [7, 11) is 0. The molecule has 4 heteroatoms. The molecule has 0 bridgehead atoms. The van der Waals surface area contributed by atoms with E-state index < -0.39 is 0 Å². The maximum atomic E-state index is 5.85. The van der Waals surface area contributed by atoms with Crippen molar-refractivity contribution >= 4 is 0 Å². The topological polar surface area (TPSA) is 30.3 Å². The SMILES string of the molecule is c1ccc2c(c1)CCN(CCCCOc1cc3n(n1)CCCC3)C2. The quantitative estimate of drug-likeness (QED) is 0.762. The van der Waals surface area contributed by atoms with E-state index in [1.54, 1.807) is 0 Å². The van der Waals surface area contributed by atoms with E-state index in [4.69, 9.17) is 4.74 Å². The third-order valence-corrected chi connectivity index (χ3v) is 5.22. The van der Waals surface area contributed by atoms with Crippen molar-refractivity contribution in [1.29, 1.82) is 0 Å². The maximum absolute atomic E-state index is 5.85. The van der Waals surface area contributed by atoms with Gasteiger partial charge in [0.15, 0.2) is 0 Å². The minimum Gasteiger partial charge on any atom is -0.477 e. The lowest BCUT2D eigenvalue weighted by Crippen LogP contribution is -2.31. The average molecular weight is 325 g/mol. The van der Waals surface area contributed by atoms with E-state index in [0.29, 0.717) is 0 Å². The fraction of sp³-hybridized carbons (Fsp3) is 0.550. The summed E-state index contributed by atoms with van der Waals surface area (Å²) in [5.74, 6) is 0.818. The van der Waals surface area contributed by atoms with Crippen LogP contribution < -0.4 is 4.74 Å². The summed E-state index contributed by atoms with van der Waals surface area (Å²) in [6.45, 7) is 5.28. The molecule has 0 fully saturated rings. The van der Waals surface area contributed by atoms with Gasteiger partial charge in [-0.1, -0.05) is 24.3 Å². The van der Waals surface area contributed by atoms with Crippen LogP contribution in [0, 0.1) is 0 Å². The van der Waals surface area contributed by atoms with Crippen LogP contribution in [-0.2, 0) is 25.9 Å². The second-order valence-electron chi connectivity index (χ2n) is 7.00. The Morgan fingerprint density at radius 1 is 1.00 bits per heavy atom. The molecule has 24 heavy (non-hydrogen) atoms. The van der Waals surface area contributed by atoms with Crippen LogP contribution in [-0.4, -0.2) is 34.4 Å². The van der Waals surface area contributed by atoms with Crippen molar-refractivity contribution < 1.29 is 4.74 Å². The summed E-state index contributed by atoms with van der Waals surface area (Å²) in [4.78, 5) is 2.57. The highest BCUT2D eigenvalue weighted by Gasteiger charge is 2.15. The van der Waals surface area contributed by atoms with Crippen molar-refractivity contribution in [3.63, 3.8) is 0 Å². The van der Waals surface area contributed by atoms with Gasteiger partial charge in [-0.3, -0.25) is 9.58 Å². The summed E-state index contributed by atoms with van der Waals surface area (Å²) in [5, 5.41) is 4.55. The Bertz CT molecular complexity index is 656. The third kappa shape index (κ3) is 3.64. The Hall–Kier alpha value is -1.81. The standard InChI is InChI=1S/C20H27N3O/c1-2-8-18-16-22(13-10-17(18)7-1)11-5-6-14-24-20-15-19-9-3-4-12-23(19)21-20/h1-2,7-8,15H,3-6,9-14,16H2. The average Bonchev–Trinajstić information content (AvgIpc) is 3.04. The first-order valence-corrected chi connectivity index (χ1v) is 9.37. The van der Waals surface area contributed by atoms with Crippen LogP contribution in [0.3, 0.4) is 0 Å². The van der Waals surface area contributed by atoms with Gasteiger partial charge in [0.25, 0.3) is 0 Å². The number of aromatic nitrogens is 2. The highest BCUT2D eigenvalue weighted by atomic mass is 16.5. The predicted molar refractivity (Wildman–Crippen MR) is 95.3 cm³/mol. The number of nitrogens with zero attached hydrogens (tertiary/aromatic N) is 3. The number of hydrogen-bond acceptors (Lipinski definition) is 3. The highest BCUT2D eigenvalue weighted by Crippen LogP contribution is 2.20. The Labute approximate surface area is 144 Å². The van der Waals surface area contributed by atoms with Gasteiger partial charge in [0.05, 0.1) is 6.61 Å². The molecule has 2 aromatic rings. The van der Waals surface area contributed by atoms with Gasteiger partial charge in [-0.15, -0.1) is 5.10 Å². The molecule has 3 heterocycles. The van der Waals surface area contributed by atoms with E-state index in [0.717, 1.165) is 45.0 Å². The molecule has 1 aromatic carbocycles. The van der Waals surface area contributed by atoms with Crippen molar-refractivity contribution in [2.24, 2.45) is 0 Å². The van der Waals surface area contributed by atoms with Gasteiger partial charge in [0.2, 0.25) is 5.88 Å². The molecule has 0 radical (unpaired) electrons. The number of fused-ring (bicyclic) bond motifs is 2. The van der Waals surface area contributed by atoms with Gasteiger partial charge in [-0.2, -0.15) is 0 Å². The summed E-state index contributed by atoms with van der Waals surface area (Å²) >= 11 is 0. The molecule has 4 rings (SSSR count). The Morgan fingerprint density at radius 3 is 2.83 bits per heavy atom. The molecule has 128 valence electrons. The smallest absolute Gasteiger partial charge is 0.232 e. The van der Waals surface area contributed by atoms with E-state index in [9.17, 15) is 0 Å². The minimum absolute atomic E-state index is 0.779. The van der Waals surface area contributed by atoms with Crippen LogP contribution in [0.4, 0.5) is 0 Å². The van der Waals surface area contributed by atoms with Crippen molar-refractivity contribution in [3.8, 4) is 5.88 Å². The molecule has 1 aromatic heterocycles. The molecule has 2 aliphatic heterocycles. The van der Waals surface area contributed by atoms with Crippen LogP contribution >= 0.6 is 0 Å².